The summed E-state index contributed by atoms with van der Waals surface area (Å²) in [5.74, 6) is 0. The van der Waals surface area contributed by atoms with Crippen molar-refractivity contribution in [1.82, 2.24) is 0 Å². The fourth-order valence-corrected chi connectivity index (χ4v) is 1.79. The molecule has 0 aliphatic heterocycles. The van der Waals surface area contributed by atoms with Gasteiger partial charge in [0.25, 0.3) is 0 Å². The largest absolute Gasteiger partial charge is 0.390 e. The molecule has 0 saturated heterocycles. The van der Waals surface area contributed by atoms with Gasteiger partial charge in [0, 0.05) is 5.33 Å². The minimum absolute atomic E-state index is 0.532. The fraction of sp³-hybridized carbons (Fsp3) is 0.333. The number of benzene rings is 1. The summed E-state index contributed by atoms with van der Waals surface area (Å²) >= 11 is 3.23. The van der Waals surface area contributed by atoms with Gasteiger partial charge in [-0.15, -0.1) is 0 Å². The van der Waals surface area contributed by atoms with Crippen molar-refractivity contribution >= 4 is 22.0 Å². The molecular formula is C12H15BrO2. The molecule has 2 atom stereocenters. The van der Waals surface area contributed by atoms with E-state index in [-0.39, 0.29) is 0 Å². The van der Waals surface area contributed by atoms with E-state index in [1.54, 1.807) is 18.2 Å². The van der Waals surface area contributed by atoms with Crippen molar-refractivity contribution in [3.63, 3.8) is 0 Å². The van der Waals surface area contributed by atoms with Crippen LogP contribution in [0.4, 0.5) is 0 Å². The average molecular weight is 271 g/mol. The number of aliphatic hydroxyl groups excluding tert-OH is 2. The molecule has 2 nitrogen and oxygen atoms in total. The van der Waals surface area contributed by atoms with Crippen LogP contribution >= 0.6 is 15.9 Å². The van der Waals surface area contributed by atoms with E-state index in [4.69, 9.17) is 0 Å². The molecule has 2 N–H and O–H groups in total. The third kappa shape index (κ3) is 3.45. The number of alkyl halides is 1. The summed E-state index contributed by atoms with van der Waals surface area (Å²) in [7, 11) is 0. The lowest BCUT2D eigenvalue weighted by Crippen LogP contribution is -2.18. The monoisotopic (exact) mass is 270 g/mol. The Hall–Kier alpha value is -0.640. The molecule has 0 bridgehead atoms. The number of hydrogen-bond acceptors (Lipinski definition) is 2. The van der Waals surface area contributed by atoms with Gasteiger partial charge in [-0.3, -0.25) is 0 Å². The fourth-order valence-electron chi connectivity index (χ4n) is 1.32. The number of halogens is 1. The smallest absolute Gasteiger partial charge is 0.105 e. The Morgan fingerprint density at radius 3 is 2.33 bits per heavy atom. The van der Waals surface area contributed by atoms with E-state index in [9.17, 15) is 10.2 Å². The van der Waals surface area contributed by atoms with Crippen LogP contribution in [0, 0.1) is 0 Å². The van der Waals surface area contributed by atoms with Crippen LogP contribution in [0.1, 0.15) is 23.7 Å². The minimum Gasteiger partial charge on any atom is -0.390 e. The molecule has 82 valence electrons. The summed E-state index contributed by atoms with van der Waals surface area (Å²) in [6, 6.07) is 7.34. The van der Waals surface area contributed by atoms with E-state index in [1.807, 2.05) is 12.1 Å². The van der Waals surface area contributed by atoms with Gasteiger partial charge in [0.05, 0.1) is 6.10 Å². The molecule has 0 fully saturated rings. The third-order valence-electron chi connectivity index (χ3n) is 2.28. The molecule has 0 heterocycles. The molecule has 0 amide bonds. The standard InChI is InChI=1S/C12H15BrO2/c1-2-9-3-5-10(6-4-9)12(15)11(14)7-8-13/h2-6,11-12,14-15H,1,7-8H2. The zero-order valence-corrected chi connectivity index (χ0v) is 10.0. The van der Waals surface area contributed by atoms with Gasteiger partial charge in [0.15, 0.2) is 0 Å². The van der Waals surface area contributed by atoms with E-state index in [2.05, 4.69) is 22.5 Å². The molecule has 0 saturated carbocycles. The van der Waals surface area contributed by atoms with Gasteiger partial charge >= 0.3 is 0 Å². The topological polar surface area (TPSA) is 40.5 Å². The Balaban J connectivity index is 2.73. The quantitative estimate of drug-likeness (QED) is 0.808. The van der Waals surface area contributed by atoms with E-state index >= 15 is 0 Å². The lowest BCUT2D eigenvalue weighted by Gasteiger charge is -2.17. The summed E-state index contributed by atoms with van der Waals surface area (Å²) in [6.45, 7) is 3.65. The summed E-state index contributed by atoms with van der Waals surface area (Å²) < 4.78 is 0. The van der Waals surface area contributed by atoms with E-state index in [0.717, 1.165) is 11.1 Å². The second kappa shape index (κ2) is 6.05. The van der Waals surface area contributed by atoms with E-state index in [1.165, 1.54) is 0 Å². The van der Waals surface area contributed by atoms with Gasteiger partial charge in [-0.1, -0.05) is 52.9 Å². The molecule has 2 unspecified atom stereocenters. The average Bonchev–Trinajstić information content (AvgIpc) is 2.28. The molecule has 1 rings (SSSR count). The zero-order chi connectivity index (χ0) is 11.3. The van der Waals surface area contributed by atoms with Crippen molar-refractivity contribution < 1.29 is 10.2 Å². The first-order valence-corrected chi connectivity index (χ1v) is 5.95. The Morgan fingerprint density at radius 2 is 1.87 bits per heavy atom. The molecule has 3 heteroatoms. The van der Waals surface area contributed by atoms with Crippen molar-refractivity contribution in [2.45, 2.75) is 18.6 Å². The lowest BCUT2D eigenvalue weighted by atomic mass is 10.0. The normalized spacial score (nSPS) is 14.6. The summed E-state index contributed by atoms with van der Waals surface area (Å²) in [5.41, 5.74) is 1.73. The van der Waals surface area contributed by atoms with Crippen LogP contribution in [-0.4, -0.2) is 21.6 Å². The van der Waals surface area contributed by atoms with Crippen molar-refractivity contribution in [2.24, 2.45) is 0 Å². The van der Waals surface area contributed by atoms with Gasteiger partial charge in [0.1, 0.15) is 6.10 Å². The first-order valence-electron chi connectivity index (χ1n) is 4.83. The van der Waals surface area contributed by atoms with Crippen molar-refractivity contribution in [1.29, 1.82) is 0 Å². The Labute approximate surface area is 98.4 Å². The zero-order valence-electron chi connectivity index (χ0n) is 8.44. The highest BCUT2D eigenvalue weighted by molar-refractivity contribution is 9.09. The third-order valence-corrected chi connectivity index (χ3v) is 2.74. The van der Waals surface area contributed by atoms with Crippen LogP contribution in [0.5, 0.6) is 0 Å². The molecular weight excluding hydrogens is 256 g/mol. The summed E-state index contributed by atoms with van der Waals surface area (Å²) in [4.78, 5) is 0. The van der Waals surface area contributed by atoms with Crippen LogP contribution in [-0.2, 0) is 0 Å². The highest BCUT2D eigenvalue weighted by atomic mass is 79.9. The van der Waals surface area contributed by atoms with E-state index in [0.29, 0.717) is 11.8 Å². The number of rotatable bonds is 5. The first-order chi connectivity index (χ1) is 7.19. The predicted octanol–water partition coefficient (Wildman–Crippen LogP) is 2.51. The molecule has 1 aromatic rings. The Bertz CT molecular complexity index is 308. The van der Waals surface area contributed by atoms with Crippen LogP contribution in [0.3, 0.4) is 0 Å². The molecule has 0 radical (unpaired) electrons. The Morgan fingerprint density at radius 1 is 1.27 bits per heavy atom. The number of aliphatic hydroxyl groups is 2. The Kier molecular flexibility index (Phi) is 5.02. The maximum Gasteiger partial charge on any atom is 0.105 e. The maximum atomic E-state index is 9.79. The predicted molar refractivity (Wildman–Crippen MR) is 65.9 cm³/mol. The minimum atomic E-state index is -0.818. The molecule has 0 aliphatic carbocycles. The molecule has 0 aliphatic rings. The van der Waals surface area contributed by atoms with Crippen molar-refractivity contribution in [3.05, 3.63) is 42.0 Å². The van der Waals surface area contributed by atoms with Crippen LogP contribution in [0.25, 0.3) is 6.08 Å². The lowest BCUT2D eigenvalue weighted by molar-refractivity contribution is 0.0173. The van der Waals surface area contributed by atoms with Gasteiger partial charge < -0.3 is 10.2 Å². The molecule has 1 aromatic carbocycles. The summed E-state index contributed by atoms with van der Waals surface area (Å²) in [5, 5.41) is 20.1. The van der Waals surface area contributed by atoms with Crippen molar-refractivity contribution in [2.75, 3.05) is 5.33 Å². The van der Waals surface area contributed by atoms with Gasteiger partial charge in [-0.2, -0.15) is 0 Å². The van der Waals surface area contributed by atoms with Gasteiger partial charge in [-0.25, -0.2) is 0 Å². The molecule has 0 spiro atoms. The van der Waals surface area contributed by atoms with Gasteiger partial charge in [0.2, 0.25) is 0 Å². The second-order valence-corrected chi connectivity index (χ2v) is 4.15. The summed E-state index contributed by atoms with van der Waals surface area (Å²) in [6.07, 6.45) is 0.732. The number of hydrogen-bond donors (Lipinski definition) is 2. The molecule has 15 heavy (non-hydrogen) atoms. The van der Waals surface area contributed by atoms with Crippen LogP contribution in [0.2, 0.25) is 0 Å². The van der Waals surface area contributed by atoms with Crippen LogP contribution < -0.4 is 0 Å². The SMILES string of the molecule is C=Cc1ccc(C(O)C(O)CCBr)cc1. The van der Waals surface area contributed by atoms with Gasteiger partial charge in [-0.05, 0) is 17.5 Å². The second-order valence-electron chi connectivity index (χ2n) is 3.36. The first kappa shape index (κ1) is 12.4. The van der Waals surface area contributed by atoms with E-state index < -0.39 is 12.2 Å². The van der Waals surface area contributed by atoms with Crippen molar-refractivity contribution in [3.8, 4) is 0 Å². The highest BCUT2D eigenvalue weighted by Gasteiger charge is 2.16. The highest BCUT2D eigenvalue weighted by Crippen LogP contribution is 2.20. The molecule has 0 aromatic heterocycles. The maximum absolute atomic E-state index is 9.79. The van der Waals surface area contributed by atoms with Crippen LogP contribution in [0.15, 0.2) is 30.8 Å².